The van der Waals surface area contributed by atoms with Gasteiger partial charge in [0.2, 0.25) is 11.8 Å². The molecule has 3 fully saturated rings. The molecule has 1 aromatic carbocycles. The summed E-state index contributed by atoms with van der Waals surface area (Å²) >= 11 is 0. The zero-order valence-electron chi connectivity index (χ0n) is 20.1. The van der Waals surface area contributed by atoms with E-state index in [-0.39, 0.29) is 42.0 Å². The molecule has 2 bridgehead atoms. The van der Waals surface area contributed by atoms with Gasteiger partial charge in [0.15, 0.2) is 0 Å². The number of carbonyl (C=O) groups is 3. The van der Waals surface area contributed by atoms with Crippen LogP contribution in [0.3, 0.4) is 0 Å². The highest BCUT2D eigenvalue weighted by molar-refractivity contribution is 6.06. The van der Waals surface area contributed by atoms with Crippen molar-refractivity contribution < 1.29 is 19.1 Å². The van der Waals surface area contributed by atoms with Crippen LogP contribution < -0.4 is 4.90 Å². The van der Waals surface area contributed by atoms with Crippen LogP contribution in [0.2, 0.25) is 0 Å². The topological polar surface area (TPSA) is 83.1 Å². The van der Waals surface area contributed by atoms with E-state index in [2.05, 4.69) is 26.9 Å². The van der Waals surface area contributed by atoms with Crippen molar-refractivity contribution in [3.63, 3.8) is 0 Å². The minimum Gasteiger partial charge on any atom is -0.455 e. The fourth-order valence-electron chi connectivity index (χ4n) is 6.26. The minimum atomic E-state index is -0.601. The number of benzene rings is 1. The highest BCUT2D eigenvalue weighted by Crippen LogP contribution is 2.52. The van der Waals surface area contributed by atoms with Gasteiger partial charge in [0.1, 0.15) is 11.9 Å². The number of imide groups is 1. The van der Waals surface area contributed by atoms with E-state index in [4.69, 9.17) is 4.74 Å². The smallest absolute Gasteiger partial charge is 0.338 e. The van der Waals surface area contributed by atoms with Crippen molar-refractivity contribution in [2.24, 2.45) is 23.7 Å². The van der Waals surface area contributed by atoms with Crippen molar-refractivity contribution in [1.29, 1.82) is 0 Å². The molecule has 6 rings (SSSR count). The van der Waals surface area contributed by atoms with Crippen LogP contribution in [0.5, 0.6) is 0 Å². The molecule has 2 saturated heterocycles. The number of aromatic nitrogens is 1. The molecule has 5 unspecified atom stereocenters. The fraction of sp³-hybridized carbons (Fsp3) is 0.429. The second-order valence-electron chi connectivity index (χ2n) is 10.2. The van der Waals surface area contributed by atoms with Crippen LogP contribution >= 0.6 is 0 Å². The van der Waals surface area contributed by atoms with Gasteiger partial charge in [-0.2, -0.15) is 0 Å². The lowest BCUT2D eigenvalue weighted by Crippen LogP contribution is -2.51. The Hall–Kier alpha value is -3.52. The number of piperazine rings is 1. The molecule has 0 spiro atoms. The van der Waals surface area contributed by atoms with Gasteiger partial charge in [0.25, 0.3) is 0 Å². The maximum atomic E-state index is 13.3. The number of carbonyl (C=O) groups excluding carboxylic acids is 3. The van der Waals surface area contributed by atoms with Gasteiger partial charge in [-0.1, -0.05) is 36.4 Å². The van der Waals surface area contributed by atoms with E-state index in [1.54, 1.807) is 30.5 Å². The summed E-state index contributed by atoms with van der Waals surface area (Å²) in [5.41, 5.74) is 0.459. The molecule has 5 atom stereocenters. The largest absolute Gasteiger partial charge is 0.455 e. The standard InChI is InChI=1S/C28H30N4O4/c33-26-24-20-9-10-21(16-20)25(24)27(34)32(26)18-22(36-28(35)19-6-2-1-3-7-19)17-30-12-14-31(15-13-30)23-8-4-5-11-29-23/h1-11,20-22,24-25H,12-18H2. The summed E-state index contributed by atoms with van der Waals surface area (Å²) in [6, 6.07) is 14.7. The lowest BCUT2D eigenvalue weighted by atomic mass is 9.85. The van der Waals surface area contributed by atoms with Gasteiger partial charge in [0.05, 0.1) is 23.9 Å². The zero-order valence-corrected chi connectivity index (χ0v) is 20.1. The van der Waals surface area contributed by atoms with Gasteiger partial charge >= 0.3 is 5.97 Å². The van der Waals surface area contributed by atoms with Crippen LogP contribution in [-0.4, -0.2) is 77.9 Å². The fourth-order valence-corrected chi connectivity index (χ4v) is 6.26. The van der Waals surface area contributed by atoms with Crippen molar-refractivity contribution in [3.8, 4) is 0 Å². The lowest BCUT2D eigenvalue weighted by molar-refractivity contribution is -0.142. The van der Waals surface area contributed by atoms with Crippen molar-refractivity contribution >= 4 is 23.6 Å². The Morgan fingerprint density at radius 1 is 0.889 bits per heavy atom. The van der Waals surface area contributed by atoms with Crippen molar-refractivity contribution in [1.82, 2.24) is 14.8 Å². The predicted molar refractivity (Wildman–Crippen MR) is 133 cm³/mol. The average molecular weight is 487 g/mol. The molecule has 2 amide bonds. The lowest BCUT2D eigenvalue weighted by Gasteiger charge is -2.37. The summed E-state index contributed by atoms with van der Waals surface area (Å²) < 4.78 is 5.93. The van der Waals surface area contributed by atoms with E-state index in [0.717, 1.165) is 38.4 Å². The number of anilines is 1. The Kier molecular flexibility index (Phi) is 6.05. The first-order chi connectivity index (χ1) is 17.6. The number of ether oxygens (including phenoxy) is 1. The van der Waals surface area contributed by atoms with Crippen LogP contribution in [0.25, 0.3) is 0 Å². The van der Waals surface area contributed by atoms with E-state index < -0.39 is 12.1 Å². The number of fused-ring (bicyclic) bond motifs is 5. The Balaban J connectivity index is 1.15. The van der Waals surface area contributed by atoms with Crippen LogP contribution in [0.15, 0.2) is 66.9 Å². The molecule has 0 radical (unpaired) electrons. The molecule has 186 valence electrons. The summed E-state index contributed by atoms with van der Waals surface area (Å²) in [5.74, 6) is 0.115. The quantitative estimate of drug-likeness (QED) is 0.337. The highest BCUT2D eigenvalue weighted by Gasteiger charge is 2.59. The Morgan fingerprint density at radius 2 is 1.56 bits per heavy atom. The summed E-state index contributed by atoms with van der Waals surface area (Å²) in [7, 11) is 0. The molecule has 36 heavy (non-hydrogen) atoms. The number of esters is 1. The number of allylic oxidation sites excluding steroid dienone is 2. The second kappa shape index (κ2) is 9.50. The summed E-state index contributed by atoms with van der Waals surface area (Å²) in [6.45, 7) is 3.72. The third-order valence-electron chi connectivity index (χ3n) is 8.04. The molecule has 2 aliphatic carbocycles. The van der Waals surface area contributed by atoms with Crippen molar-refractivity contribution in [2.45, 2.75) is 12.5 Å². The van der Waals surface area contributed by atoms with E-state index in [1.165, 1.54) is 4.90 Å². The first-order valence-corrected chi connectivity index (χ1v) is 12.8. The normalized spacial score (nSPS) is 28.0. The third-order valence-corrected chi connectivity index (χ3v) is 8.04. The third kappa shape index (κ3) is 4.19. The number of hydrogen-bond acceptors (Lipinski definition) is 7. The number of amides is 2. The molecule has 2 aliphatic heterocycles. The molecule has 1 aromatic heterocycles. The molecule has 3 heterocycles. The maximum absolute atomic E-state index is 13.3. The Bertz CT molecular complexity index is 1130. The van der Waals surface area contributed by atoms with E-state index >= 15 is 0 Å². The number of hydrogen-bond donors (Lipinski definition) is 0. The average Bonchev–Trinajstić information content (AvgIpc) is 3.60. The van der Waals surface area contributed by atoms with E-state index in [0.29, 0.717) is 12.1 Å². The Morgan fingerprint density at radius 3 is 2.19 bits per heavy atom. The SMILES string of the molecule is O=C(OC(CN1CCN(c2ccccn2)CC1)CN1C(=O)C2C3C=CC(C3)C2C1=O)c1ccccc1. The highest BCUT2D eigenvalue weighted by atomic mass is 16.5. The zero-order chi connectivity index (χ0) is 24.6. The molecule has 0 N–H and O–H groups in total. The summed E-state index contributed by atoms with van der Waals surface area (Å²) in [4.78, 5) is 49.8. The van der Waals surface area contributed by atoms with Gasteiger partial charge in [0, 0.05) is 38.9 Å². The predicted octanol–water partition coefficient (Wildman–Crippen LogP) is 2.24. The van der Waals surface area contributed by atoms with Crippen LogP contribution in [0, 0.1) is 23.7 Å². The molecule has 2 aromatic rings. The minimum absolute atomic E-state index is 0.100. The van der Waals surface area contributed by atoms with Gasteiger partial charge in [-0.05, 0) is 42.5 Å². The number of rotatable bonds is 7. The van der Waals surface area contributed by atoms with Crippen LogP contribution in [0.1, 0.15) is 16.8 Å². The van der Waals surface area contributed by atoms with Crippen molar-refractivity contribution in [2.75, 3.05) is 44.2 Å². The molecule has 4 aliphatic rings. The molecule has 8 nitrogen and oxygen atoms in total. The van der Waals surface area contributed by atoms with Crippen LogP contribution in [-0.2, 0) is 14.3 Å². The van der Waals surface area contributed by atoms with Crippen LogP contribution in [0.4, 0.5) is 5.82 Å². The van der Waals surface area contributed by atoms with Gasteiger partial charge in [-0.3, -0.25) is 19.4 Å². The molecule has 8 heteroatoms. The van der Waals surface area contributed by atoms with Crippen molar-refractivity contribution in [3.05, 3.63) is 72.4 Å². The molecular formula is C28H30N4O4. The molecule has 1 saturated carbocycles. The van der Waals surface area contributed by atoms with E-state index in [9.17, 15) is 14.4 Å². The molecular weight excluding hydrogens is 456 g/mol. The maximum Gasteiger partial charge on any atom is 0.338 e. The first kappa shape index (κ1) is 22.9. The summed E-state index contributed by atoms with van der Waals surface area (Å²) in [6.07, 6.45) is 6.27. The summed E-state index contributed by atoms with van der Waals surface area (Å²) in [5, 5.41) is 0. The number of nitrogens with zero attached hydrogens (tertiary/aromatic N) is 4. The Labute approximate surface area is 210 Å². The van der Waals surface area contributed by atoms with Gasteiger partial charge in [-0.25, -0.2) is 9.78 Å². The van der Waals surface area contributed by atoms with E-state index in [1.807, 2.05) is 24.3 Å². The van der Waals surface area contributed by atoms with Gasteiger partial charge in [-0.15, -0.1) is 0 Å². The first-order valence-electron chi connectivity index (χ1n) is 12.8. The number of likely N-dealkylation sites (tertiary alicyclic amines) is 1. The van der Waals surface area contributed by atoms with Gasteiger partial charge < -0.3 is 9.64 Å². The monoisotopic (exact) mass is 486 g/mol. The second-order valence-corrected chi connectivity index (χ2v) is 10.2. The number of pyridine rings is 1.